The van der Waals surface area contributed by atoms with E-state index in [1.165, 1.54) is 6.33 Å². The zero-order valence-electron chi connectivity index (χ0n) is 14.3. The molecule has 0 aliphatic carbocycles. The van der Waals surface area contributed by atoms with Crippen LogP contribution in [0.4, 0.5) is 11.6 Å². The molecule has 1 fully saturated rings. The van der Waals surface area contributed by atoms with E-state index in [-0.39, 0.29) is 5.91 Å². The number of nitrogens with one attached hydrogen (secondary N) is 1. The normalized spacial score (nSPS) is 15.8. The molecule has 2 aromatic rings. The third-order valence-corrected chi connectivity index (χ3v) is 4.36. The molecule has 3 rings (SSSR count). The van der Waals surface area contributed by atoms with Gasteiger partial charge in [-0.1, -0.05) is 30.3 Å². The third-order valence-electron chi connectivity index (χ3n) is 4.36. The standard InChI is InChI=1S/C18H23N5O2/c1-14(24)22-7-9-23(10-8-22)18-11-17(20-13-21-18)19-12-16(25)15-5-3-2-4-6-15/h2-6,11,13,16,25H,7-10,12H2,1H3,(H,19,20,21). The lowest BCUT2D eigenvalue weighted by Crippen LogP contribution is -2.48. The zero-order valence-corrected chi connectivity index (χ0v) is 14.3. The predicted molar refractivity (Wildman–Crippen MR) is 96.4 cm³/mol. The van der Waals surface area contributed by atoms with Gasteiger partial charge in [-0.25, -0.2) is 9.97 Å². The summed E-state index contributed by atoms with van der Waals surface area (Å²) >= 11 is 0. The molecule has 1 aromatic carbocycles. The van der Waals surface area contributed by atoms with Crippen LogP contribution >= 0.6 is 0 Å². The van der Waals surface area contributed by atoms with Crippen LogP contribution < -0.4 is 10.2 Å². The number of anilines is 2. The summed E-state index contributed by atoms with van der Waals surface area (Å²) in [7, 11) is 0. The van der Waals surface area contributed by atoms with Crippen LogP contribution in [0.15, 0.2) is 42.7 Å². The summed E-state index contributed by atoms with van der Waals surface area (Å²) in [6.45, 7) is 4.88. The topological polar surface area (TPSA) is 81.6 Å². The van der Waals surface area contributed by atoms with Crippen molar-refractivity contribution >= 4 is 17.5 Å². The van der Waals surface area contributed by atoms with Crippen molar-refractivity contribution < 1.29 is 9.90 Å². The van der Waals surface area contributed by atoms with Gasteiger partial charge in [-0.15, -0.1) is 0 Å². The van der Waals surface area contributed by atoms with Crippen LogP contribution in [0.5, 0.6) is 0 Å². The smallest absolute Gasteiger partial charge is 0.219 e. The molecule has 1 aliphatic rings. The van der Waals surface area contributed by atoms with Crippen molar-refractivity contribution in [3.63, 3.8) is 0 Å². The van der Waals surface area contributed by atoms with Crippen LogP contribution in [0.25, 0.3) is 0 Å². The van der Waals surface area contributed by atoms with Gasteiger partial charge in [0, 0.05) is 45.7 Å². The monoisotopic (exact) mass is 341 g/mol. The molecule has 25 heavy (non-hydrogen) atoms. The van der Waals surface area contributed by atoms with Crippen molar-refractivity contribution in [2.75, 3.05) is 42.9 Å². The van der Waals surface area contributed by atoms with Crippen LogP contribution in [0.2, 0.25) is 0 Å². The second-order valence-electron chi connectivity index (χ2n) is 6.06. The zero-order chi connectivity index (χ0) is 17.6. The van der Waals surface area contributed by atoms with Crippen molar-refractivity contribution in [1.82, 2.24) is 14.9 Å². The van der Waals surface area contributed by atoms with E-state index in [0.29, 0.717) is 25.5 Å². The van der Waals surface area contributed by atoms with Crippen molar-refractivity contribution in [3.05, 3.63) is 48.3 Å². The Balaban J connectivity index is 1.58. The number of rotatable bonds is 5. The van der Waals surface area contributed by atoms with Gasteiger partial charge in [-0.2, -0.15) is 0 Å². The van der Waals surface area contributed by atoms with E-state index < -0.39 is 6.10 Å². The lowest BCUT2D eigenvalue weighted by atomic mass is 10.1. The van der Waals surface area contributed by atoms with Gasteiger partial charge in [0.15, 0.2) is 0 Å². The summed E-state index contributed by atoms with van der Waals surface area (Å²) in [6.07, 6.45) is 0.919. The Kier molecular flexibility index (Phi) is 5.45. The maximum Gasteiger partial charge on any atom is 0.219 e. The van der Waals surface area contributed by atoms with E-state index in [9.17, 15) is 9.90 Å². The summed E-state index contributed by atoms with van der Waals surface area (Å²) in [6, 6.07) is 11.4. The third kappa shape index (κ3) is 4.45. The minimum atomic E-state index is -0.598. The molecule has 1 unspecified atom stereocenters. The number of nitrogens with zero attached hydrogens (tertiary/aromatic N) is 4. The van der Waals surface area contributed by atoms with Crippen molar-refractivity contribution in [1.29, 1.82) is 0 Å². The SMILES string of the molecule is CC(=O)N1CCN(c2cc(NCC(O)c3ccccc3)ncn2)CC1. The molecule has 7 heteroatoms. The number of aliphatic hydroxyl groups excluding tert-OH is 1. The van der Waals surface area contributed by atoms with Crippen LogP contribution in [0.1, 0.15) is 18.6 Å². The van der Waals surface area contributed by atoms with Crippen molar-refractivity contribution in [3.8, 4) is 0 Å². The molecule has 1 amide bonds. The molecule has 1 aromatic heterocycles. The number of aliphatic hydroxyl groups is 1. The molecular formula is C18H23N5O2. The summed E-state index contributed by atoms with van der Waals surface area (Å²) in [4.78, 5) is 23.9. The van der Waals surface area contributed by atoms with Gasteiger partial charge in [0.25, 0.3) is 0 Å². The molecule has 0 bridgehead atoms. The summed E-state index contributed by atoms with van der Waals surface area (Å²) < 4.78 is 0. The predicted octanol–water partition coefficient (Wildman–Crippen LogP) is 1.29. The first-order valence-corrected chi connectivity index (χ1v) is 8.43. The minimum absolute atomic E-state index is 0.111. The Morgan fingerprint density at radius 1 is 1.20 bits per heavy atom. The van der Waals surface area contributed by atoms with Gasteiger partial charge in [-0.05, 0) is 5.56 Å². The second kappa shape index (κ2) is 7.94. The molecule has 1 aliphatic heterocycles. The van der Waals surface area contributed by atoms with Gasteiger partial charge in [0.2, 0.25) is 5.91 Å². The highest BCUT2D eigenvalue weighted by atomic mass is 16.3. The molecule has 2 heterocycles. The highest BCUT2D eigenvalue weighted by Gasteiger charge is 2.19. The van der Waals surface area contributed by atoms with E-state index >= 15 is 0 Å². The largest absolute Gasteiger partial charge is 0.387 e. The Morgan fingerprint density at radius 3 is 2.60 bits per heavy atom. The Morgan fingerprint density at radius 2 is 1.92 bits per heavy atom. The highest BCUT2D eigenvalue weighted by Crippen LogP contribution is 2.18. The van der Waals surface area contributed by atoms with Gasteiger partial charge >= 0.3 is 0 Å². The molecule has 132 valence electrons. The molecule has 0 radical (unpaired) electrons. The summed E-state index contributed by atoms with van der Waals surface area (Å²) in [5.74, 6) is 1.61. The van der Waals surface area contributed by atoms with Crippen LogP contribution in [0, 0.1) is 0 Å². The molecular weight excluding hydrogens is 318 g/mol. The first-order valence-electron chi connectivity index (χ1n) is 8.43. The van der Waals surface area contributed by atoms with Crippen molar-refractivity contribution in [2.45, 2.75) is 13.0 Å². The van der Waals surface area contributed by atoms with E-state index in [1.807, 2.05) is 41.3 Å². The first kappa shape index (κ1) is 17.2. The lowest BCUT2D eigenvalue weighted by Gasteiger charge is -2.34. The number of piperazine rings is 1. The number of hydrogen-bond acceptors (Lipinski definition) is 6. The highest BCUT2D eigenvalue weighted by molar-refractivity contribution is 5.73. The average Bonchev–Trinajstić information content (AvgIpc) is 2.67. The fourth-order valence-corrected chi connectivity index (χ4v) is 2.86. The maximum atomic E-state index is 11.4. The van der Waals surface area contributed by atoms with Crippen LogP contribution in [0.3, 0.4) is 0 Å². The molecule has 0 saturated carbocycles. The number of amides is 1. The van der Waals surface area contributed by atoms with E-state index in [0.717, 1.165) is 24.5 Å². The fourth-order valence-electron chi connectivity index (χ4n) is 2.86. The van der Waals surface area contributed by atoms with Gasteiger partial charge in [0.1, 0.15) is 18.0 Å². The average molecular weight is 341 g/mol. The van der Waals surface area contributed by atoms with E-state index in [2.05, 4.69) is 20.2 Å². The summed E-state index contributed by atoms with van der Waals surface area (Å²) in [5, 5.41) is 13.4. The van der Waals surface area contributed by atoms with Crippen LogP contribution in [-0.4, -0.2) is 58.6 Å². The van der Waals surface area contributed by atoms with Crippen LogP contribution in [-0.2, 0) is 4.79 Å². The molecule has 0 spiro atoms. The van der Waals surface area contributed by atoms with E-state index in [4.69, 9.17) is 0 Å². The first-order chi connectivity index (χ1) is 12.1. The molecule has 1 saturated heterocycles. The number of carbonyl (C=O) groups excluding carboxylic acids is 1. The summed E-state index contributed by atoms with van der Waals surface area (Å²) in [5.41, 5.74) is 0.865. The lowest BCUT2D eigenvalue weighted by molar-refractivity contribution is -0.129. The number of carbonyl (C=O) groups is 1. The van der Waals surface area contributed by atoms with E-state index in [1.54, 1.807) is 6.92 Å². The number of hydrogen-bond donors (Lipinski definition) is 2. The number of aromatic nitrogens is 2. The minimum Gasteiger partial charge on any atom is -0.387 e. The number of benzene rings is 1. The van der Waals surface area contributed by atoms with Crippen molar-refractivity contribution in [2.24, 2.45) is 0 Å². The van der Waals surface area contributed by atoms with Gasteiger partial charge in [-0.3, -0.25) is 4.79 Å². The quantitative estimate of drug-likeness (QED) is 0.853. The fraction of sp³-hybridized carbons (Fsp3) is 0.389. The molecule has 2 N–H and O–H groups in total. The van der Waals surface area contributed by atoms with Gasteiger partial charge < -0.3 is 20.2 Å². The van der Waals surface area contributed by atoms with Gasteiger partial charge in [0.05, 0.1) is 6.10 Å². The Labute approximate surface area is 147 Å². The second-order valence-corrected chi connectivity index (χ2v) is 6.06. The Hall–Kier alpha value is -2.67. The Bertz CT molecular complexity index is 702. The maximum absolute atomic E-state index is 11.4. The molecule has 7 nitrogen and oxygen atoms in total. The molecule has 1 atom stereocenters.